The summed E-state index contributed by atoms with van der Waals surface area (Å²) in [5.41, 5.74) is 9.09. The number of ether oxygens (including phenoxy) is 1. The third kappa shape index (κ3) is 2.67. The van der Waals surface area contributed by atoms with Gasteiger partial charge in [0.05, 0.1) is 23.8 Å². The molecule has 3 nitrogen and oxygen atoms in total. The first-order valence-electron chi connectivity index (χ1n) is 7.48. The van der Waals surface area contributed by atoms with Gasteiger partial charge in [0.25, 0.3) is 0 Å². The zero-order chi connectivity index (χ0) is 17.5. The van der Waals surface area contributed by atoms with Crippen LogP contribution in [0.2, 0.25) is 0 Å². The molecule has 1 aliphatic heterocycles. The minimum absolute atomic E-state index is 0.199. The van der Waals surface area contributed by atoms with Crippen LogP contribution in [0.5, 0.6) is 5.75 Å². The summed E-state index contributed by atoms with van der Waals surface area (Å²) in [6.45, 7) is 1.60. The Balaban J connectivity index is 2.04. The lowest BCUT2D eigenvalue weighted by Crippen LogP contribution is -2.17. The van der Waals surface area contributed by atoms with Crippen molar-refractivity contribution in [2.75, 3.05) is 12.3 Å². The number of fused-ring (bicyclic) bond motifs is 1. The number of hydrogen-bond donors (Lipinski definition) is 1. The molecule has 1 atom stereocenters. The van der Waals surface area contributed by atoms with Crippen LogP contribution in [-0.2, 0) is 6.42 Å². The van der Waals surface area contributed by atoms with E-state index in [-0.39, 0.29) is 5.56 Å². The normalized spacial score (nSPS) is 14.6. The SMILES string of the molecule is C[C@H](c1ccc(-c2cc(N)c(C#N)c3c2OCC3)cc1)C(F)(F)F. The Labute approximate surface area is 137 Å². The molecule has 0 saturated carbocycles. The van der Waals surface area contributed by atoms with E-state index in [1.807, 2.05) is 0 Å². The van der Waals surface area contributed by atoms with E-state index < -0.39 is 12.1 Å². The maximum Gasteiger partial charge on any atom is 0.395 e. The minimum atomic E-state index is -4.27. The Morgan fingerprint density at radius 1 is 1.25 bits per heavy atom. The molecule has 0 unspecified atom stereocenters. The van der Waals surface area contributed by atoms with Gasteiger partial charge in [0.15, 0.2) is 0 Å². The van der Waals surface area contributed by atoms with Gasteiger partial charge < -0.3 is 10.5 Å². The molecule has 3 rings (SSSR count). The fourth-order valence-electron chi connectivity index (χ4n) is 2.89. The van der Waals surface area contributed by atoms with Crippen LogP contribution in [0.1, 0.15) is 29.5 Å². The summed E-state index contributed by atoms with van der Waals surface area (Å²) in [6.07, 6.45) is -3.68. The summed E-state index contributed by atoms with van der Waals surface area (Å²) in [4.78, 5) is 0. The predicted octanol–water partition coefficient (Wildman–Crippen LogP) is 4.41. The number of nitrogen functional groups attached to an aromatic ring is 1. The van der Waals surface area contributed by atoms with E-state index in [4.69, 9.17) is 10.5 Å². The van der Waals surface area contributed by atoms with Crippen molar-refractivity contribution in [3.05, 3.63) is 47.0 Å². The highest BCUT2D eigenvalue weighted by atomic mass is 19.4. The number of alkyl halides is 3. The van der Waals surface area contributed by atoms with Gasteiger partial charge in [-0.2, -0.15) is 18.4 Å². The summed E-state index contributed by atoms with van der Waals surface area (Å²) >= 11 is 0. The van der Waals surface area contributed by atoms with Gasteiger partial charge in [-0.15, -0.1) is 0 Å². The van der Waals surface area contributed by atoms with E-state index in [1.54, 1.807) is 18.2 Å². The molecule has 2 aromatic rings. The average Bonchev–Trinajstić information content (AvgIpc) is 3.02. The van der Waals surface area contributed by atoms with Gasteiger partial charge >= 0.3 is 6.18 Å². The van der Waals surface area contributed by atoms with Crippen LogP contribution in [0.4, 0.5) is 18.9 Å². The number of halogens is 3. The molecule has 2 aromatic carbocycles. The van der Waals surface area contributed by atoms with Crippen LogP contribution < -0.4 is 10.5 Å². The van der Waals surface area contributed by atoms with Crippen LogP contribution in [0, 0.1) is 11.3 Å². The molecule has 6 heteroatoms. The van der Waals surface area contributed by atoms with Gasteiger partial charge in [-0.1, -0.05) is 24.3 Å². The highest BCUT2D eigenvalue weighted by molar-refractivity contribution is 5.80. The third-order valence-corrected chi connectivity index (χ3v) is 4.33. The lowest BCUT2D eigenvalue weighted by molar-refractivity contribution is -0.146. The molecule has 0 aliphatic carbocycles. The lowest BCUT2D eigenvalue weighted by atomic mass is 9.93. The topological polar surface area (TPSA) is 59.0 Å². The molecule has 0 radical (unpaired) electrons. The van der Waals surface area contributed by atoms with Crippen molar-refractivity contribution >= 4 is 5.69 Å². The molecule has 2 N–H and O–H groups in total. The van der Waals surface area contributed by atoms with Crippen molar-refractivity contribution in [3.63, 3.8) is 0 Å². The first-order chi connectivity index (χ1) is 11.3. The summed E-state index contributed by atoms with van der Waals surface area (Å²) in [6, 6.07) is 9.90. The van der Waals surface area contributed by atoms with Gasteiger partial charge in [-0.05, 0) is 24.1 Å². The van der Waals surface area contributed by atoms with E-state index in [1.165, 1.54) is 12.1 Å². The highest BCUT2D eigenvalue weighted by Gasteiger charge is 2.36. The number of nitrogens with zero attached hydrogens (tertiary/aromatic N) is 1. The highest BCUT2D eigenvalue weighted by Crippen LogP contribution is 2.42. The monoisotopic (exact) mass is 332 g/mol. The molecule has 1 heterocycles. The molecule has 24 heavy (non-hydrogen) atoms. The first-order valence-corrected chi connectivity index (χ1v) is 7.48. The Morgan fingerprint density at radius 2 is 1.92 bits per heavy atom. The van der Waals surface area contributed by atoms with Crippen LogP contribution in [0.25, 0.3) is 11.1 Å². The maximum atomic E-state index is 12.8. The van der Waals surface area contributed by atoms with E-state index >= 15 is 0 Å². The molecule has 0 spiro atoms. The number of rotatable bonds is 2. The second-order valence-corrected chi connectivity index (χ2v) is 5.79. The molecule has 1 aliphatic rings. The molecule has 0 aromatic heterocycles. The zero-order valence-corrected chi connectivity index (χ0v) is 12.9. The number of anilines is 1. The lowest BCUT2D eigenvalue weighted by Gasteiger charge is -2.17. The number of hydrogen-bond acceptors (Lipinski definition) is 3. The predicted molar refractivity (Wildman–Crippen MR) is 84.7 cm³/mol. The zero-order valence-electron chi connectivity index (χ0n) is 12.9. The van der Waals surface area contributed by atoms with Crippen molar-refractivity contribution in [1.29, 1.82) is 5.26 Å². The molecule has 0 fully saturated rings. The summed E-state index contributed by atoms with van der Waals surface area (Å²) in [7, 11) is 0. The van der Waals surface area contributed by atoms with Crippen LogP contribution in [-0.4, -0.2) is 12.8 Å². The summed E-state index contributed by atoms with van der Waals surface area (Å²) < 4.78 is 44.0. The molecular weight excluding hydrogens is 317 g/mol. The molecular formula is C18H15F3N2O. The van der Waals surface area contributed by atoms with E-state index in [2.05, 4.69) is 6.07 Å². The first kappa shape index (κ1) is 16.2. The van der Waals surface area contributed by atoms with Crippen molar-refractivity contribution in [2.24, 2.45) is 0 Å². The molecule has 0 amide bonds. The maximum absolute atomic E-state index is 12.8. The smallest absolute Gasteiger partial charge is 0.395 e. The second-order valence-electron chi connectivity index (χ2n) is 5.79. The van der Waals surface area contributed by atoms with Gasteiger partial charge in [0.2, 0.25) is 0 Å². The Kier molecular flexibility index (Phi) is 3.88. The van der Waals surface area contributed by atoms with Crippen LogP contribution in [0.15, 0.2) is 30.3 Å². The third-order valence-electron chi connectivity index (χ3n) is 4.33. The van der Waals surface area contributed by atoms with Crippen LogP contribution >= 0.6 is 0 Å². The van der Waals surface area contributed by atoms with Crippen molar-refractivity contribution in [2.45, 2.75) is 25.4 Å². The second kappa shape index (κ2) is 5.75. The Morgan fingerprint density at radius 3 is 2.50 bits per heavy atom. The van der Waals surface area contributed by atoms with Crippen molar-refractivity contribution in [3.8, 4) is 22.9 Å². The minimum Gasteiger partial charge on any atom is -0.492 e. The average molecular weight is 332 g/mol. The van der Waals surface area contributed by atoms with Gasteiger partial charge in [0, 0.05) is 17.5 Å². The van der Waals surface area contributed by atoms with Gasteiger partial charge in [0.1, 0.15) is 11.8 Å². The van der Waals surface area contributed by atoms with Gasteiger partial charge in [-0.3, -0.25) is 0 Å². The number of nitriles is 1. The molecule has 0 bridgehead atoms. The van der Waals surface area contributed by atoms with Gasteiger partial charge in [-0.25, -0.2) is 0 Å². The molecule has 124 valence electrons. The molecule has 0 saturated heterocycles. The fraction of sp³-hybridized carbons (Fsp3) is 0.278. The Bertz CT molecular complexity index is 820. The van der Waals surface area contributed by atoms with E-state index in [0.717, 1.165) is 12.5 Å². The fourth-order valence-corrected chi connectivity index (χ4v) is 2.89. The standard InChI is InChI=1S/C18H15F3N2O/c1-10(18(19,20)21)11-2-4-12(5-3-11)14-8-16(23)15(9-22)13-6-7-24-17(13)14/h2-5,8,10H,6-7,23H2,1H3/t10-/m1/s1. The van der Waals surface area contributed by atoms with Crippen molar-refractivity contribution in [1.82, 2.24) is 0 Å². The van der Waals surface area contributed by atoms with Crippen molar-refractivity contribution < 1.29 is 17.9 Å². The quantitative estimate of drug-likeness (QED) is 0.829. The van der Waals surface area contributed by atoms with E-state index in [9.17, 15) is 18.4 Å². The van der Waals surface area contributed by atoms with E-state index in [0.29, 0.717) is 41.2 Å². The number of nitrogens with two attached hydrogens (primary N) is 1. The summed E-state index contributed by atoms with van der Waals surface area (Å²) in [5, 5.41) is 9.23. The number of benzene rings is 2. The Hall–Kier alpha value is -2.68. The largest absolute Gasteiger partial charge is 0.492 e. The summed E-state index contributed by atoms with van der Waals surface area (Å²) in [5.74, 6) is -0.933. The van der Waals surface area contributed by atoms with Crippen LogP contribution in [0.3, 0.4) is 0 Å².